The molecule has 0 aliphatic carbocycles. The van der Waals surface area contributed by atoms with Crippen LogP contribution in [-0.4, -0.2) is 14.5 Å². The van der Waals surface area contributed by atoms with Gasteiger partial charge in [0, 0.05) is 15.7 Å². The Morgan fingerprint density at radius 2 is 1.77 bits per heavy atom. The van der Waals surface area contributed by atoms with E-state index in [1.54, 1.807) is 24.3 Å². The topological polar surface area (TPSA) is 78.0 Å². The highest BCUT2D eigenvalue weighted by atomic mass is 127. The van der Waals surface area contributed by atoms with E-state index in [4.69, 9.17) is 4.98 Å². The Morgan fingerprint density at radius 1 is 1.03 bits per heavy atom. The van der Waals surface area contributed by atoms with Gasteiger partial charge in [0.05, 0.1) is 21.5 Å². The molecule has 6 nitrogen and oxygen atoms in total. The summed E-state index contributed by atoms with van der Waals surface area (Å²) in [6, 6.07) is 19.3. The molecule has 3 aromatic carbocycles. The number of benzene rings is 3. The maximum absolute atomic E-state index is 13.4. The normalized spacial score (nSPS) is 11.3. The Bertz CT molecular complexity index is 1360. The Morgan fingerprint density at radius 3 is 2.47 bits per heavy atom. The second-order valence-corrected chi connectivity index (χ2v) is 7.98. The van der Waals surface area contributed by atoms with Crippen molar-refractivity contribution in [2.24, 2.45) is 0 Å². The van der Waals surface area contributed by atoms with Gasteiger partial charge in [-0.05, 0) is 77.0 Å². The maximum atomic E-state index is 13.4. The molecule has 0 saturated heterocycles. The Balaban J connectivity index is 1.94. The van der Waals surface area contributed by atoms with Crippen LogP contribution in [0.1, 0.15) is 17.0 Å². The van der Waals surface area contributed by atoms with E-state index >= 15 is 0 Å². The first-order chi connectivity index (χ1) is 14.4. The van der Waals surface area contributed by atoms with Crippen molar-refractivity contribution >= 4 is 51.3 Å². The number of fused-ring (bicyclic) bond motifs is 1. The third-order valence-electron chi connectivity index (χ3n) is 4.78. The number of rotatable bonds is 4. The van der Waals surface area contributed by atoms with Gasteiger partial charge in [0.2, 0.25) is 0 Å². The van der Waals surface area contributed by atoms with E-state index in [1.165, 1.54) is 16.7 Å². The molecule has 148 valence electrons. The first-order valence-corrected chi connectivity index (χ1v) is 10.2. The molecule has 0 saturated carbocycles. The number of nitro groups is 1. The Labute approximate surface area is 185 Å². The molecule has 4 rings (SSSR count). The molecule has 7 heteroatoms. The molecular formula is C23H16IN3O3. The summed E-state index contributed by atoms with van der Waals surface area (Å²) in [5.41, 5.74) is 2.98. The van der Waals surface area contributed by atoms with E-state index in [0.29, 0.717) is 22.4 Å². The van der Waals surface area contributed by atoms with Crippen LogP contribution in [0, 0.1) is 20.6 Å². The Hall–Kier alpha value is -3.33. The third-order valence-corrected chi connectivity index (χ3v) is 5.45. The standard InChI is InChI=1S/C23H16IN3O3/c1-15-4-2-3-5-16(15)6-13-22-25-21-12-7-17(24)14-20(21)23(28)26(22)18-8-10-19(11-9-18)27(29)30/h2-14H,1H3/b13-6+. The predicted octanol–water partition coefficient (Wildman–Crippen LogP) is 5.38. The van der Waals surface area contributed by atoms with Gasteiger partial charge in [-0.25, -0.2) is 4.98 Å². The fourth-order valence-electron chi connectivity index (χ4n) is 3.20. The molecule has 0 bridgehead atoms. The lowest BCUT2D eigenvalue weighted by atomic mass is 10.1. The minimum atomic E-state index is -0.466. The van der Waals surface area contributed by atoms with E-state index in [0.717, 1.165) is 14.7 Å². The fraction of sp³-hybridized carbons (Fsp3) is 0.0435. The minimum absolute atomic E-state index is 0.0351. The van der Waals surface area contributed by atoms with Crippen molar-refractivity contribution in [2.75, 3.05) is 0 Å². The zero-order valence-corrected chi connectivity index (χ0v) is 18.1. The summed E-state index contributed by atoms with van der Waals surface area (Å²) in [6.07, 6.45) is 3.71. The highest BCUT2D eigenvalue weighted by Gasteiger charge is 2.13. The molecule has 1 heterocycles. The van der Waals surface area contributed by atoms with Gasteiger partial charge < -0.3 is 0 Å². The quantitative estimate of drug-likeness (QED) is 0.210. The van der Waals surface area contributed by atoms with E-state index in [2.05, 4.69) is 22.6 Å². The molecule has 0 aliphatic rings. The van der Waals surface area contributed by atoms with E-state index < -0.39 is 4.92 Å². The molecule has 1 aromatic heterocycles. The SMILES string of the molecule is Cc1ccccc1/C=C/c1nc2ccc(I)cc2c(=O)n1-c1ccc([N+](=O)[O-])cc1. The van der Waals surface area contributed by atoms with E-state index in [-0.39, 0.29) is 11.2 Å². The number of halogens is 1. The van der Waals surface area contributed by atoms with Gasteiger partial charge in [0.25, 0.3) is 11.2 Å². The van der Waals surface area contributed by atoms with E-state index in [1.807, 2.05) is 49.4 Å². The van der Waals surface area contributed by atoms with Crippen molar-refractivity contribution in [3.05, 3.63) is 108 Å². The van der Waals surface area contributed by atoms with Crippen molar-refractivity contribution in [3.63, 3.8) is 0 Å². The molecule has 0 unspecified atom stereocenters. The molecule has 0 aliphatic heterocycles. The molecule has 0 spiro atoms. The zero-order chi connectivity index (χ0) is 21.3. The number of hydrogen-bond donors (Lipinski definition) is 0. The highest BCUT2D eigenvalue weighted by molar-refractivity contribution is 14.1. The number of hydrogen-bond acceptors (Lipinski definition) is 4. The van der Waals surface area contributed by atoms with Crippen LogP contribution >= 0.6 is 22.6 Å². The first kappa shape index (κ1) is 20.0. The van der Waals surface area contributed by atoms with Gasteiger partial charge in [-0.2, -0.15) is 0 Å². The smallest absolute Gasteiger partial charge is 0.268 e. The van der Waals surface area contributed by atoms with Crippen LogP contribution in [0.5, 0.6) is 0 Å². The highest BCUT2D eigenvalue weighted by Crippen LogP contribution is 2.20. The molecule has 0 atom stereocenters. The Kier molecular flexibility index (Phi) is 5.45. The van der Waals surface area contributed by atoms with Crippen LogP contribution < -0.4 is 5.56 Å². The van der Waals surface area contributed by atoms with Gasteiger partial charge >= 0.3 is 0 Å². The number of aromatic nitrogens is 2. The van der Waals surface area contributed by atoms with Crippen molar-refractivity contribution in [3.8, 4) is 5.69 Å². The molecule has 0 N–H and O–H groups in total. The average Bonchev–Trinajstić information content (AvgIpc) is 2.74. The van der Waals surface area contributed by atoms with Gasteiger partial charge in [-0.3, -0.25) is 19.5 Å². The molecule has 30 heavy (non-hydrogen) atoms. The third kappa shape index (κ3) is 3.88. The van der Waals surface area contributed by atoms with Crippen molar-refractivity contribution in [2.45, 2.75) is 6.92 Å². The summed E-state index contributed by atoms with van der Waals surface area (Å²) >= 11 is 2.15. The average molecular weight is 509 g/mol. The zero-order valence-electron chi connectivity index (χ0n) is 15.9. The summed E-state index contributed by atoms with van der Waals surface area (Å²) in [6.45, 7) is 2.01. The molecule has 0 fully saturated rings. The van der Waals surface area contributed by atoms with Crippen molar-refractivity contribution in [1.82, 2.24) is 9.55 Å². The molecule has 0 amide bonds. The lowest BCUT2D eigenvalue weighted by Crippen LogP contribution is -2.22. The van der Waals surface area contributed by atoms with Crippen LogP contribution in [0.4, 0.5) is 5.69 Å². The minimum Gasteiger partial charge on any atom is -0.268 e. The summed E-state index contributed by atoms with van der Waals surface area (Å²) in [5.74, 6) is 0.450. The first-order valence-electron chi connectivity index (χ1n) is 9.15. The predicted molar refractivity (Wildman–Crippen MR) is 127 cm³/mol. The second kappa shape index (κ2) is 8.19. The van der Waals surface area contributed by atoms with Crippen LogP contribution in [0.2, 0.25) is 0 Å². The molecule has 0 radical (unpaired) electrons. The summed E-state index contributed by atoms with van der Waals surface area (Å²) < 4.78 is 2.41. The monoisotopic (exact) mass is 509 g/mol. The van der Waals surface area contributed by atoms with Gasteiger partial charge in [0.15, 0.2) is 0 Å². The van der Waals surface area contributed by atoms with Gasteiger partial charge in [-0.1, -0.05) is 30.3 Å². The van der Waals surface area contributed by atoms with Crippen molar-refractivity contribution in [1.29, 1.82) is 0 Å². The number of nitro benzene ring substituents is 1. The van der Waals surface area contributed by atoms with Crippen LogP contribution in [-0.2, 0) is 0 Å². The van der Waals surface area contributed by atoms with Crippen molar-refractivity contribution < 1.29 is 4.92 Å². The van der Waals surface area contributed by atoms with Crippen LogP contribution in [0.15, 0.2) is 71.5 Å². The summed E-state index contributed by atoms with van der Waals surface area (Å²) in [7, 11) is 0. The molecular weight excluding hydrogens is 493 g/mol. The number of aryl methyl sites for hydroxylation is 1. The molecule has 4 aromatic rings. The lowest BCUT2D eigenvalue weighted by molar-refractivity contribution is -0.384. The lowest BCUT2D eigenvalue weighted by Gasteiger charge is -2.12. The van der Waals surface area contributed by atoms with E-state index in [9.17, 15) is 14.9 Å². The second-order valence-electron chi connectivity index (χ2n) is 6.74. The summed E-state index contributed by atoms with van der Waals surface area (Å²) in [5, 5.41) is 11.5. The van der Waals surface area contributed by atoms with Crippen LogP contribution in [0.3, 0.4) is 0 Å². The van der Waals surface area contributed by atoms with Gasteiger partial charge in [0.1, 0.15) is 5.82 Å². The van der Waals surface area contributed by atoms with Gasteiger partial charge in [-0.15, -0.1) is 0 Å². The van der Waals surface area contributed by atoms with Crippen LogP contribution in [0.25, 0.3) is 28.7 Å². The number of non-ortho nitro benzene ring substituents is 1. The number of nitrogens with zero attached hydrogens (tertiary/aromatic N) is 3. The fourth-order valence-corrected chi connectivity index (χ4v) is 3.69. The maximum Gasteiger partial charge on any atom is 0.269 e. The largest absolute Gasteiger partial charge is 0.269 e. The summed E-state index contributed by atoms with van der Waals surface area (Å²) in [4.78, 5) is 28.6.